The Bertz CT molecular complexity index is 915. The third kappa shape index (κ3) is 2.21. The summed E-state index contributed by atoms with van der Waals surface area (Å²) in [7, 11) is 0.0108. The van der Waals surface area contributed by atoms with Crippen LogP contribution in [0.4, 0.5) is 11.4 Å². The Kier molecular flexibility index (Phi) is 3.54. The van der Waals surface area contributed by atoms with E-state index < -0.39 is 10.0 Å². The number of benzene rings is 2. The van der Waals surface area contributed by atoms with E-state index in [1.807, 2.05) is 19.2 Å². The lowest BCUT2D eigenvalue weighted by molar-refractivity contribution is 0.589. The standard InChI is InChI=1S/C16H17N3O2S/c1-17-12-10-15(18-2)14-8-9-19(16(14)11-12)22(20,21)13-6-4-3-5-7-13/h3-11,17-18H,1-2H3. The van der Waals surface area contributed by atoms with Gasteiger partial charge in [0.2, 0.25) is 0 Å². The molecule has 1 heterocycles. The number of nitrogens with one attached hydrogen (secondary N) is 2. The highest BCUT2D eigenvalue weighted by Crippen LogP contribution is 2.31. The van der Waals surface area contributed by atoms with Crippen LogP contribution in [0.25, 0.3) is 10.9 Å². The minimum Gasteiger partial charge on any atom is -0.388 e. The Morgan fingerprint density at radius 2 is 1.68 bits per heavy atom. The van der Waals surface area contributed by atoms with E-state index in [2.05, 4.69) is 10.6 Å². The normalized spacial score (nSPS) is 11.5. The molecule has 0 saturated heterocycles. The van der Waals surface area contributed by atoms with Crippen molar-refractivity contribution < 1.29 is 8.42 Å². The Hall–Kier alpha value is -2.47. The summed E-state index contributed by atoms with van der Waals surface area (Å²) in [6, 6.07) is 14.0. The fourth-order valence-electron chi connectivity index (χ4n) is 2.48. The Morgan fingerprint density at radius 1 is 0.955 bits per heavy atom. The number of rotatable bonds is 4. The second-order valence-electron chi connectivity index (χ2n) is 4.89. The van der Waals surface area contributed by atoms with Crippen molar-refractivity contribution in [1.82, 2.24) is 3.97 Å². The van der Waals surface area contributed by atoms with Gasteiger partial charge in [-0.2, -0.15) is 0 Å². The number of hydrogen-bond acceptors (Lipinski definition) is 4. The molecule has 0 spiro atoms. The lowest BCUT2D eigenvalue weighted by atomic mass is 10.2. The van der Waals surface area contributed by atoms with E-state index in [1.54, 1.807) is 49.6 Å². The molecule has 2 aromatic carbocycles. The van der Waals surface area contributed by atoms with Crippen LogP contribution in [0, 0.1) is 0 Å². The zero-order valence-electron chi connectivity index (χ0n) is 12.4. The number of hydrogen-bond donors (Lipinski definition) is 2. The predicted molar refractivity (Wildman–Crippen MR) is 90.1 cm³/mol. The highest BCUT2D eigenvalue weighted by molar-refractivity contribution is 7.90. The lowest BCUT2D eigenvalue weighted by Crippen LogP contribution is -2.11. The molecule has 0 saturated carbocycles. The lowest BCUT2D eigenvalue weighted by Gasteiger charge is -2.11. The van der Waals surface area contributed by atoms with Gasteiger partial charge in [0, 0.05) is 37.1 Å². The summed E-state index contributed by atoms with van der Waals surface area (Å²) in [4.78, 5) is 0.272. The van der Waals surface area contributed by atoms with Crippen molar-refractivity contribution in [3.05, 3.63) is 54.7 Å². The summed E-state index contributed by atoms with van der Waals surface area (Å²) >= 11 is 0. The van der Waals surface area contributed by atoms with Gasteiger partial charge in [-0.15, -0.1) is 0 Å². The summed E-state index contributed by atoms with van der Waals surface area (Å²) in [6.07, 6.45) is 1.59. The first-order valence-corrected chi connectivity index (χ1v) is 8.33. The first-order valence-electron chi connectivity index (χ1n) is 6.89. The summed E-state index contributed by atoms with van der Waals surface area (Å²) in [6.45, 7) is 0. The molecule has 0 radical (unpaired) electrons. The number of anilines is 2. The van der Waals surface area contributed by atoms with Crippen LogP contribution in [-0.4, -0.2) is 26.5 Å². The average molecular weight is 315 g/mol. The fraction of sp³-hybridized carbons (Fsp3) is 0.125. The first kappa shape index (κ1) is 14.5. The summed E-state index contributed by atoms with van der Waals surface area (Å²) < 4.78 is 27.0. The molecule has 0 aliphatic heterocycles. The third-order valence-electron chi connectivity index (χ3n) is 3.63. The summed E-state index contributed by atoms with van der Waals surface area (Å²) in [5, 5.41) is 7.02. The molecule has 0 atom stereocenters. The van der Waals surface area contributed by atoms with Crippen molar-refractivity contribution in [2.24, 2.45) is 0 Å². The molecule has 1 aromatic heterocycles. The smallest absolute Gasteiger partial charge is 0.268 e. The molecule has 0 aliphatic rings. The zero-order chi connectivity index (χ0) is 15.7. The van der Waals surface area contributed by atoms with Crippen LogP contribution in [0.2, 0.25) is 0 Å². The van der Waals surface area contributed by atoms with Gasteiger partial charge in [-0.25, -0.2) is 12.4 Å². The molecule has 0 unspecified atom stereocenters. The van der Waals surface area contributed by atoms with Crippen molar-refractivity contribution >= 4 is 32.3 Å². The average Bonchev–Trinajstić information content (AvgIpc) is 2.99. The number of fused-ring (bicyclic) bond motifs is 1. The van der Waals surface area contributed by atoms with Crippen molar-refractivity contribution in [3.8, 4) is 0 Å². The van der Waals surface area contributed by atoms with Gasteiger partial charge in [0.25, 0.3) is 10.0 Å². The molecular weight excluding hydrogens is 298 g/mol. The highest BCUT2D eigenvalue weighted by atomic mass is 32.2. The molecular formula is C16H17N3O2S. The van der Waals surface area contributed by atoms with Crippen LogP contribution in [0.5, 0.6) is 0 Å². The van der Waals surface area contributed by atoms with Crippen LogP contribution in [0.15, 0.2) is 59.6 Å². The molecule has 0 fully saturated rings. The molecule has 6 heteroatoms. The van der Waals surface area contributed by atoms with Gasteiger partial charge in [-0.3, -0.25) is 0 Å². The van der Waals surface area contributed by atoms with E-state index >= 15 is 0 Å². The molecule has 22 heavy (non-hydrogen) atoms. The topological polar surface area (TPSA) is 63.1 Å². The summed E-state index contributed by atoms with van der Waals surface area (Å²) in [5.41, 5.74) is 2.36. The second kappa shape index (κ2) is 5.38. The second-order valence-corrected chi connectivity index (χ2v) is 6.70. The van der Waals surface area contributed by atoms with Crippen molar-refractivity contribution in [3.63, 3.8) is 0 Å². The Balaban J connectivity index is 2.28. The number of aromatic nitrogens is 1. The summed E-state index contributed by atoms with van der Waals surface area (Å²) in [5.74, 6) is 0. The van der Waals surface area contributed by atoms with E-state index in [9.17, 15) is 8.42 Å². The van der Waals surface area contributed by atoms with Crippen LogP contribution in [0.1, 0.15) is 0 Å². The predicted octanol–water partition coefficient (Wildman–Crippen LogP) is 2.96. The monoisotopic (exact) mass is 315 g/mol. The van der Waals surface area contributed by atoms with Crippen LogP contribution < -0.4 is 10.6 Å². The molecule has 0 amide bonds. The van der Waals surface area contributed by atoms with Gasteiger partial charge in [0.15, 0.2) is 0 Å². The van der Waals surface area contributed by atoms with Gasteiger partial charge in [0.1, 0.15) is 0 Å². The molecule has 3 aromatic rings. The van der Waals surface area contributed by atoms with Gasteiger partial charge >= 0.3 is 0 Å². The molecule has 3 rings (SSSR count). The molecule has 5 nitrogen and oxygen atoms in total. The van der Waals surface area contributed by atoms with Crippen molar-refractivity contribution in [2.75, 3.05) is 24.7 Å². The molecule has 2 N–H and O–H groups in total. The number of nitrogens with zero attached hydrogens (tertiary/aromatic N) is 1. The quantitative estimate of drug-likeness (QED) is 0.777. The molecule has 0 bridgehead atoms. The minimum atomic E-state index is -3.61. The Morgan fingerprint density at radius 3 is 2.32 bits per heavy atom. The van der Waals surface area contributed by atoms with Crippen molar-refractivity contribution in [1.29, 1.82) is 0 Å². The van der Waals surface area contributed by atoms with Gasteiger partial charge < -0.3 is 10.6 Å². The third-order valence-corrected chi connectivity index (χ3v) is 5.33. The van der Waals surface area contributed by atoms with E-state index in [0.717, 1.165) is 16.8 Å². The SMILES string of the molecule is CNc1cc(NC)c2ccn(S(=O)(=O)c3ccccc3)c2c1. The fourth-order valence-corrected chi connectivity index (χ4v) is 3.84. The first-order chi connectivity index (χ1) is 10.6. The van der Waals surface area contributed by atoms with Gasteiger partial charge in [0.05, 0.1) is 10.4 Å². The van der Waals surface area contributed by atoms with E-state index in [-0.39, 0.29) is 4.90 Å². The molecule has 0 aliphatic carbocycles. The Labute approximate surface area is 129 Å². The maximum atomic E-state index is 12.8. The van der Waals surface area contributed by atoms with E-state index in [1.165, 1.54) is 3.97 Å². The maximum absolute atomic E-state index is 12.8. The van der Waals surface area contributed by atoms with Gasteiger partial charge in [-0.1, -0.05) is 18.2 Å². The highest BCUT2D eigenvalue weighted by Gasteiger charge is 2.19. The van der Waals surface area contributed by atoms with Crippen LogP contribution in [-0.2, 0) is 10.0 Å². The minimum absolute atomic E-state index is 0.272. The van der Waals surface area contributed by atoms with Crippen LogP contribution in [0.3, 0.4) is 0 Å². The largest absolute Gasteiger partial charge is 0.388 e. The zero-order valence-corrected chi connectivity index (χ0v) is 13.2. The van der Waals surface area contributed by atoms with E-state index in [0.29, 0.717) is 5.52 Å². The van der Waals surface area contributed by atoms with E-state index in [4.69, 9.17) is 0 Å². The van der Waals surface area contributed by atoms with Gasteiger partial charge in [-0.05, 0) is 30.3 Å². The van der Waals surface area contributed by atoms with Crippen molar-refractivity contribution in [2.45, 2.75) is 4.90 Å². The van der Waals surface area contributed by atoms with Crippen LogP contribution >= 0.6 is 0 Å². The maximum Gasteiger partial charge on any atom is 0.268 e. The molecule has 114 valence electrons.